The molecule has 3 aromatic carbocycles. The van der Waals surface area contributed by atoms with Crippen LogP contribution in [0, 0.1) is 12.7 Å². The van der Waals surface area contributed by atoms with Gasteiger partial charge in [0.05, 0.1) is 13.2 Å². The number of hydrogen-bond acceptors (Lipinski definition) is 2. The summed E-state index contributed by atoms with van der Waals surface area (Å²) in [4.78, 5) is 0. The van der Waals surface area contributed by atoms with Crippen LogP contribution >= 0.6 is 0 Å². The highest BCUT2D eigenvalue weighted by atomic mass is 19.1. The van der Waals surface area contributed by atoms with Crippen LogP contribution in [0.1, 0.15) is 68.2 Å². The predicted octanol–water partition coefficient (Wildman–Crippen LogP) is 8.47. The molecule has 3 heteroatoms. The molecule has 0 aliphatic carbocycles. The Hall–Kier alpha value is -2.65. The number of ether oxygens (including phenoxy) is 2. The predicted molar refractivity (Wildman–Crippen MR) is 140 cm³/mol. The second-order valence-electron chi connectivity index (χ2n) is 8.94. The van der Waals surface area contributed by atoms with Crippen molar-refractivity contribution in [1.29, 1.82) is 0 Å². The third-order valence-corrected chi connectivity index (χ3v) is 6.33. The van der Waals surface area contributed by atoms with E-state index in [1.54, 1.807) is 13.0 Å². The monoisotopic (exact) mass is 462 g/mol. The molecule has 0 bridgehead atoms. The van der Waals surface area contributed by atoms with E-state index in [0.717, 1.165) is 55.8 Å². The van der Waals surface area contributed by atoms with Crippen LogP contribution in [0.4, 0.5) is 4.39 Å². The summed E-state index contributed by atoms with van der Waals surface area (Å²) in [5, 5.41) is 0. The molecule has 3 rings (SSSR count). The van der Waals surface area contributed by atoms with Crippen LogP contribution in [0.3, 0.4) is 0 Å². The first-order valence-electron chi connectivity index (χ1n) is 12.8. The molecule has 34 heavy (non-hydrogen) atoms. The van der Waals surface area contributed by atoms with Gasteiger partial charge in [0, 0.05) is 6.61 Å². The number of halogens is 1. The molecule has 0 saturated heterocycles. The molecular formula is C31H39FO2. The minimum Gasteiger partial charge on any atom is -0.493 e. The molecule has 0 aromatic heterocycles. The Bertz CT molecular complexity index is 1010. The quantitative estimate of drug-likeness (QED) is 0.224. The van der Waals surface area contributed by atoms with Gasteiger partial charge in [-0.25, -0.2) is 4.39 Å². The van der Waals surface area contributed by atoms with E-state index < -0.39 is 0 Å². The van der Waals surface area contributed by atoms with Crippen LogP contribution in [0.25, 0.3) is 11.1 Å². The zero-order valence-corrected chi connectivity index (χ0v) is 21.0. The van der Waals surface area contributed by atoms with Gasteiger partial charge in [-0.05, 0) is 84.2 Å². The molecule has 0 unspecified atom stereocenters. The fraction of sp³-hybridized carbons (Fsp3) is 0.419. The molecule has 0 spiro atoms. The molecule has 182 valence electrons. The average Bonchev–Trinajstić information content (AvgIpc) is 2.87. The van der Waals surface area contributed by atoms with E-state index in [4.69, 9.17) is 9.47 Å². The van der Waals surface area contributed by atoms with Crippen LogP contribution in [0.2, 0.25) is 0 Å². The molecule has 0 heterocycles. The molecular weight excluding hydrogens is 423 g/mol. The van der Waals surface area contributed by atoms with E-state index in [1.165, 1.54) is 36.0 Å². The van der Waals surface area contributed by atoms with E-state index >= 15 is 0 Å². The number of rotatable bonds is 14. The minimum absolute atomic E-state index is 0.152. The van der Waals surface area contributed by atoms with Crippen LogP contribution in [-0.2, 0) is 24.2 Å². The van der Waals surface area contributed by atoms with Crippen LogP contribution in [0.5, 0.6) is 5.75 Å². The van der Waals surface area contributed by atoms with Gasteiger partial charge in [0.2, 0.25) is 0 Å². The van der Waals surface area contributed by atoms with Gasteiger partial charge in [-0.15, -0.1) is 0 Å². The molecule has 0 atom stereocenters. The number of hydrogen-bond donors (Lipinski definition) is 0. The van der Waals surface area contributed by atoms with E-state index in [0.29, 0.717) is 12.2 Å². The largest absolute Gasteiger partial charge is 0.493 e. The Balaban J connectivity index is 1.41. The zero-order chi connectivity index (χ0) is 24.2. The summed E-state index contributed by atoms with van der Waals surface area (Å²) >= 11 is 0. The van der Waals surface area contributed by atoms with Gasteiger partial charge in [-0.1, -0.05) is 75.6 Å². The number of unbranched alkanes of at least 4 members (excludes halogenated alkanes) is 4. The summed E-state index contributed by atoms with van der Waals surface area (Å²) in [6.07, 6.45) is 7.51. The van der Waals surface area contributed by atoms with Crippen molar-refractivity contribution in [2.45, 2.75) is 72.3 Å². The lowest BCUT2D eigenvalue weighted by Gasteiger charge is -2.17. The van der Waals surface area contributed by atoms with Crippen LogP contribution in [-0.4, -0.2) is 13.2 Å². The molecule has 0 aliphatic rings. The molecule has 0 N–H and O–H groups in total. The first kappa shape index (κ1) is 26.0. The van der Waals surface area contributed by atoms with Crippen molar-refractivity contribution in [3.63, 3.8) is 0 Å². The topological polar surface area (TPSA) is 18.5 Å². The fourth-order valence-corrected chi connectivity index (χ4v) is 4.18. The smallest absolute Gasteiger partial charge is 0.126 e. The van der Waals surface area contributed by atoms with E-state index in [-0.39, 0.29) is 5.82 Å². The highest BCUT2D eigenvalue weighted by Gasteiger charge is 2.12. The molecule has 3 aromatic rings. The fourth-order valence-electron chi connectivity index (χ4n) is 4.18. The Morgan fingerprint density at radius 2 is 1.44 bits per heavy atom. The van der Waals surface area contributed by atoms with Gasteiger partial charge in [-0.2, -0.15) is 0 Å². The summed E-state index contributed by atoms with van der Waals surface area (Å²) < 4.78 is 26.1. The Labute approximate surface area is 205 Å². The average molecular weight is 463 g/mol. The molecule has 0 amide bonds. The molecule has 0 aliphatic heterocycles. The van der Waals surface area contributed by atoms with Gasteiger partial charge in [0.1, 0.15) is 11.6 Å². The van der Waals surface area contributed by atoms with Gasteiger partial charge in [0.25, 0.3) is 0 Å². The minimum atomic E-state index is -0.152. The Morgan fingerprint density at radius 3 is 2.15 bits per heavy atom. The van der Waals surface area contributed by atoms with E-state index in [9.17, 15) is 4.39 Å². The lowest BCUT2D eigenvalue weighted by Crippen LogP contribution is -2.02. The van der Waals surface area contributed by atoms with Crippen molar-refractivity contribution < 1.29 is 13.9 Å². The zero-order valence-electron chi connectivity index (χ0n) is 21.0. The summed E-state index contributed by atoms with van der Waals surface area (Å²) in [6, 6.07) is 20.2. The lowest BCUT2D eigenvalue weighted by atomic mass is 9.93. The van der Waals surface area contributed by atoms with Crippen LogP contribution in [0.15, 0.2) is 60.7 Å². The van der Waals surface area contributed by atoms with Crippen LogP contribution < -0.4 is 4.74 Å². The van der Waals surface area contributed by atoms with Gasteiger partial charge in [-0.3, -0.25) is 0 Å². The van der Waals surface area contributed by atoms with Crippen molar-refractivity contribution in [1.82, 2.24) is 0 Å². The Morgan fingerprint density at radius 1 is 0.735 bits per heavy atom. The Kier molecular flexibility index (Phi) is 10.6. The second kappa shape index (κ2) is 13.9. The first-order valence-corrected chi connectivity index (χ1v) is 12.8. The SMILES string of the molecule is CCc1cc(-c2ccc(C)c(F)c2)c(CC)cc1OCCCCCCCOCc1ccccc1. The van der Waals surface area contributed by atoms with Gasteiger partial charge >= 0.3 is 0 Å². The van der Waals surface area contributed by atoms with E-state index in [2.05, 4.69) is 38.1 Å². The van der Waals surface area contributed by atoms with Crippen molar-refractivity contribution in [3.8, 4) is 16.9 Å². The standard InChI is InChI=1S/C31H39FO2/c1-4-26-22-31(27(5-2)20-29(26)28-17-16-24(3)30(32)21-28)34-19-13-8-6-7-12-18-33-23-25-14-10-9-11-15-25/h9-11,14-17,20-22H,4-8,12-13,18-19,23H2,1-3H3. The number of benzene rings is 3. The molecule has 2 nitrogen and oxygen atoms in total. The molecule has 0 radical (unpaired) electrons. The van der Waals surface area contributed by atoms with Gasteiger partial charge < -0.3 is 9.47 Å². The summed E-state index contributed by atoms with van der Waals surface area (Å²) in [6.45, 7) is 8.34. The highest BCUT2D eigenvalue weighted by molar-refractivity contribution is 5.70. The van der Waals surface area contributed by atoms with E-state index in [1.807, 2.05) is 30.3 Å². The summed E-state index contributed by atoms with van der Waals surface area (Å²) in [5.41, 5.74) is 6.34. The molecule has 0 fully saturated rings. The summed E-state index contributed by atoms with van der Waals surface area (Å²) in [5.74, 6) is 0.825. The molecule has 0 saturated carbocycles. The third kappa shape index (κ3) is 7.70. The third-order valence-electron chi connectivity index (χ3n) is 6.33. The first-order chi connectivity index (χ1) is 16.6. The normalized spacial score (nSPS) is 11.1. The maximum absolute atomic E-state index is 14.2. The van der Waals surface area contributed by atoms with Crippen molar-refractivity contribution in [3.05, 3.63) is 88.7 Å². The van der Waals surface area contributed by atoms with Crippen molar-refractivity contribution in [2.24, 2.45) is 0 Å². The highest BCUT2D eigenvalue weighted by Crippen LogP contribution is 2.33. The summed E-state index contributed by atoms with van der Waals surface area (Å²) in [7, 11) is 0. The van der Waals surface area contributed by atoms with Crippen molar-refractivity contribution in [2.75, 3.05) is 13.2 Å². The number of aryl methyl sites for hydroxylation is 3. The van der Waals surface area contributed by atoms with Gasteiger partial charge in [0.15, 0.2) is 0 Å². The maximum atomic E-state index is 14.2. The second-order valence-corrected chi connectivity index (χ2v) is 8.94. The maximum Gasteiger partial charge on any atom is 0.126 e. The van der Waals surface area contributed by atoms with Crippen molar-refractivity contribution >= 4 is 0 Å². The lowest BCUT2D eigenvalue weighted by molar-refractivity contribution is 0.116.